The zero-order valence-electron chi connectivity index (χ0n) is 6.73. The molecular weight excluding hydrogens is 140 g/mol. The average Bonchev–Trinajstić information content (AvgIpc) is 2.05. The van der Waals surface area contributed by atoms with Crippen LogP contribution in [0.1, 0.15) is 25.3 Å². The Hall–Kier alpha value is -0.960. The number of aliphatic hydroxyl groups excluding tert-OH is 1. The molecule has 0 aliphatic carbocycles. The second-order valence-corrected chi connectivity index (χ2v) is 2.70. The van der Waals surface area contributed by atoms with Gasteiger partial charge in [0.05, 0.1) is 6.10 Å². The minimum Gasteiger partial charge on any atom is -0.393 e. The molecule has 0 bridgehead atoms. The highest BCUT2D eigenvalue weighted by Crippen LogP contribution is 2.15. The van der Waals surface area contributed by atoms with Gasteiger partial charge >= 0.3 is 0 Å². The van der Waals surface area contributed by atoms with Gasteiger partial charge < -0.3 is 5.11 Å². The maximum Gasteiger partial charge on any atom is 0.115 e. The van der Waals surface area contributed by atoms with Crippen LogP contribution in [-0.2, 0) is 0 Å². The Morgan fingerprint density at radius 1 is 1.27 bits per heavy atom. The van der Waals surface area contributed by atoms with Gasteiger partial charge in [-0.05, 0) is 12.5 Å². The first-order valence-electron chi connectivity index (χ1n) is 3.65. The summed E-state index contributed by atoms with van der Waals surface area (Å²) >= 11 is 0. The number of aromatic nitrogens is 2. The number of rotatable bonds is 2. The molecule has 11 heavy (non-hydrogen) atoms. The van der Waals surface area contributed by atoms with E-state index >= 15 is 0 Å². The molecule has 1 aromatic rings. The Bertz CT molecular complexity index is 211. The Morgan fingerprint density at radius 2 is 1.82 bits per heavy atom. The maximum atomic E-state index is 9.22. The van der Waals surface area contributed by atoms with E-state index in [1.807, 2.05) is 6.92 Å². The minimum atomic E-state index is -0.346. The molecule has 0 fully saturated rings. The van der Waals surface area contributed by atoms with Crippen LogP contribution in [0.3, 0.4) is 0 Å². The van der Waals surface area contributed by atoms with Gasteiger partial charge in [0, 0.05) is 18.3 Å². The third-order valence-electron chi connectivity index (χ3n) is 1.83. The molecule has 2 atom stereocenters. The third kappa shape index (κ3) is 1.98. The first kappa shape index (κ1) is 8.14. The molecule has 2 unspecified atom stereocenters. The molecule has 0 saturated carbocycles. The van der Waals surface area contributed by atoms with Crippen LogP contribution in [0.25, 0.3) is 0 Å². The van der Waals surface area contributed by atoms with E-state index in [0.717, 1.165) is 5.56 Å². The molecular formula is C8H12N2O. The van der Waals surface area contributed by atoms with Crippen LogP contribution >= 0.6 is 0 Å². The highest BCUT2D eigenvalue weighted by molar-refractivity contribution is 5.09. The lowest BCUT2D eigenvalue weighted by Gasteiger charge is -2.12. The molecule has 0 amide bonds. The summed E-state index contributed by atoms with van der Waals surface area (Å²) in [6, 6.07) is 0. The van der Waals surface area contributed by atoms with Gasteiger partial charge in [0.15, 0.2) is 0 Å². The highest BCUT2D eigenvalue weighted by atomic mass is 16.3. The molecule has 0 spiro atoms. The van der Waals surface area contributed by atoms with Crippen molar-refractivity contribution in [2.45, 2.75) is 25.9 Å². The van der Waals surface area contributed by atoms with Crippen molar-refractivity contribution in [3.63, 3.8) is 0 Å². The second kappa shape index (κ2) is 3.44. The van der Waals surface area contributed by atoms with Gasteiger partial charge in [-0.15, -0.1) is 0 Å². The van der Waals surface area contributed by atoms with Gasteiger partial charge in [-0.3, -0.25) is 0 Å². The summed E-state index contributed by atoms with van der Waals surface area (Å²) in [5.74, 6) is 0.108. The summed E-state index contributed by atoms with van der Waals surface area (Å²) in [6.07, 6.45) is 4.59. The smallest absolute Gasteiger partial charge is 0.115 e. The summed E-state index contributed by atoms with van der Waals surface area (Å²) in [6.45, 7) is 3.71. The Kier molecular flexibility index (Phi) is 2.54. The molecule has 0 aliphatic rings. The van der Waals surface area contributed by atoms with Crippen LogP contribution in [-0.4, -0.2) is 21.2 Å². The normalized spacial score (nSPS) is 15.9. The van der Waals surface area contributed by atoms with Crippen molar-refractivity contribution in [1.82, 2.24) is 9.97 Å². The lowest BCUT2D eigenvalue weighted by molar-refractivity contribution is 0.168. The quantitative estimate of drug-likeness (QED) is 0.686. The van der Waals surface area contributed by atoms with Gasteiger partial charge in [0.25, 0.3) is 0 Å². The van der Waals surface area contributed by atoms with E-state index in [4.69, 9.17) is 0 Å². The summed E-state index contributed by atoms with van der Waals surface area (Å²) < 4.78 is 0. The fraction of sp³-hybridized carbons (Fsp3) is 0.500. The van der Waals surface area contributed by atoms with E-state index in [-0.39, 0.29) is 12.0 Å². The van der Waals surface area contributed by atoms with E-state index in [1.54, 1.807) is 19.3 Å². The average molecular weight is 152 g/mol. The van der Waals surface area contributed by atoms with Gasteiger partial charge in [0.2, 0.25) is 0 Å². The van der Waals surface area contributed by atoms with Gasteiger partial charge in [0.1, 0.15) is 6.33 Å². The maximum absolute atomic E-state index is 9.22. The largest absolute Gasteiger partial charge is 0.393 e. The van der Waals surface area contributed by atoms with E-state index in [2.05, 4.69) is 9.97 Å². The molecule has 0 aliphatic heterocycles. The Balaban J connectivity index is 2.77. The van der Waals surface area contributed by atoms with Crippen LogP contribution in [0.4, 0.5) is 0 Å². The summed E-state index contributed by atoms with van der Waals surface area (Å²) in [7, 11) is 0. The first-order chi connectivity index (χ1) is 5.22. The predicted octanol–water partition coefficient (Wildman–Crippen LogP) is 0.961. The Labute approximate surface area is 66.1 Å². The third-order valence-corrected chi connectivity index (χ3v) is 1.83. The zero-order chi connectivity index (χ0) is 8.27. The zero-order valence-corrected chi connectivity index (χ0v) is 6.73. The number of hydrogen-bond acceptors (Lipinski definition) is 3. The Morgan fingerprint density at radius 3 is 2.27 bits per heavy atom. The SMILES string of the molecule is CC(O)C(C)c1cncnc1. The molecule has 3 nitrogen and oxygen atoms in total. The van der Waals surface area contributed by atoms with Gasteiger partial charge in [-0.2, -0.15) is 0 Å². The molecule has 0 saturated heterocycles. The van der Waals surface area contributed by atoms with Crippen molar-refractivity contribution >= 4 is 0 Å². The van der Waals surface area contributed by atoms with Crippen molar-refractivity contribution < 1.29 is 5.11 Å². The molecule has 0 radical (unpaired) electrons. The molecule has 1 aromatic heterocycles. The number of nitrogens with zero attached hydrogens (tertiary/aromatic N) is 2. The lowest BCUT2D eigenvalue weighted by atomic mass is 10.00. The van der Waals surface area contributed by atoms with Crippen molar-refractivity contribution in [1.29, 1.82) is 0 Å². The van der Waals surface area contributed by atoms with Crippen molar-refractivity contribution in [3.05, 3.63) is 24.3 Å². The van der Waals surface area contributed by atoms with E-state index in [1.165, 1.54) is 6.33 Å². The molecule has 1 rings (SSSR count). The number of aliphatic hydroxyl groups is 1. The second-order valence-electron chi connectivity index (χ2n) is 2.70. The summed E-state index contributed by atoms with van der Waals surface area (Å²) in [4.78, 5) is 7.73. The monoisotopic (exact) mass is 152 g/mol. The van der Waals surface area contributed by atoms with Crippen LogP contribution in [0.2, 0.25) is 0 Å². The highest BCUT2D eigenvalue weighted by Gasteiger charge is 2.10. The van der Waals surface area contributed by atoms with Crippen LogP contribution in [0.15, 0.2) is 18.7 Å². The standard InChI is InChI=1S/C8H12N2O/c1-6(7(2)11)8-3-9-5-10-4-8/h3-7,11H,1-2H3. The molecule has 1 heterocycles. The first-order valence-corrected chi connectivity index (χ1v) is 3.65. The van der Waals surface area contributed by atoms with Gasteiger partial charge in [-0.1, -0.05) is 6.92 Å². The number of hydrogen-bond donors (Lipinski definition) is 1. The topological polar surface area (TPSA) is 46.0 Å². The van der Waals surface area contributed by atoms with Gasteiger partial charge in [-0.25, -0.2) is 9.97 Å². The molecule has 60 valence electrons. The summed E-state index contributed by atoms with van der Waals surface area (Å²) in [5, 5.41) is 9.22. The molecule has 3 heteroatoms. The van der Waals surface area contributed by atoms with Crippen molar-refractivity contribution in [2.75, 3.05) is 0 Å². The van der Waals surface area contributed by atoms with Crippen LogP contribution in [0.5, 0.6) is 0 Å². The van der Waals surface area contributed by atoms with Crippen LogP contribution in [0, 0.1) is 0 Å². The molecule has 0 aromatic carbocycles. The van der Waals surface area contributed by atoms with E-state index < -0.39 is 0 Å². The predicted molar refractivity (Wildman–Crippen MR) is 42.1 cm³/mol. The molecule has 1 N–H and O–H groups in total. The summed E-state index contributed by atoms with van der Waals surface area (Å²) in [5.41, 5.74) is 0.975. The van der Waals surface area contributed by atoms with E-state index in [0.29, 0.717) is 0 Å². The van der Waals surface area contributed by atoms with E-state index in [9.17, 15) is 5.11 Å². The lowest BCUT2D eigenvalue weighted by Crippen LogP contribution is -2.11. The minimum absolute atomic E-state index is 0.108. The van der Waals surface area contributed by atoms with Crippen LogP contribution < -0.4 is 0 Å². The fourth-order valence-corrected chi connectivity index (χ4v) is 0.824. The fourth-order valence-electron chi connectivity index (χ4n) is 0.824. The van der Waals surface area contributed by atoms with Crippen molar-refractivity contribution in [3.8, 4) is 0 Å². The van der Waals surface area contributed by atoms with Crippen molar-refractivity contribution in [2.24, 2.45) is 0 Å².